The fraction of sp³-hybridized carbons (Fsp3) is 0.615. The number of aromatic amines is 1. The molecule has 7 heteroatoms. The largest absolute Gasteiger partial charge is 0.355 e. The number of hydrogen-bond donors (Lipinski definition) is 2. The van der Waals surface area contributed by atoms with E-state index in [1.807, 2.05) is 13.0 Å². The average molecular weight is 274 g/mol. The number of H-pyrrole nitrogens is 1. The van der Waals surface area contributed by atoms with Crippen LogP contribution in [0.25, 0.3) is 5.65 Å². The molecule has 2 unspecified atom stereocenters. The first-order chi connectivity index (χ1) is 9.72. The lowest BCUT2D eigenvalue weighted by molar-refractivity contribution is 0.340. The van der Waals surface area contributed by atoms with E-state index >= 15 is 0 Å². The molecule has 0 radical (unpaired) electrons. The summed E-state index contributed by atoms with van der Waals surface area (Å²) in [6, 6.07) is 2.46. The van der Waals surface area contributed by atoms with Gasteiger partial charge in [-0.15, -0.1) is 0 Å². The molecule has 0 saturated carbocycles. The summed E-state index contributed by atoms with van der Waals surface area (Å²) in [5.41, 5.74) is 0.411. The van der Waals surface area contributed by atoms with Gasteiger partial charge in [-0.25, -0.2) is 19.3 Å². The van der Waals surface area contributed by atoms with Gasteiger partial charge in [0.25, 0.3) is 0 Å². The first kappa shape index (κ1) is 11.9. The molecule has 7 nitrogen and oxygen atoms in total. The van der Waals surface area contributed by atoms with Crippen LogP contribution < -0.4 is 15.9 Å². The minimum Gasteiger partial charge on any atom is -0.355 e. The van der Waals surface area contributed by atoms with E-state index in [1.165, 1.54) is 17.2 Å². The average Bonchev–Trinajstić information content (AvgIpc) is 3.02. The van der Waals surface area contributed by atoms with Crippen LogP contribution in [-0.4, -0.2) is 45.3 Å². The van der Waals surface area contributed by atoms with E-state index in [0.29, 0.717) is 23.4 Å². The predicted octanol–water partition coefficient (Wildman–Crippen LogP) is -0.0858. The van der Waals surface area contributed by atoms with Crippen molar-refractivity contribution in [3.8, 4) is 0 Å². The molecule has 2 aliphatic heterocycles. The molecule has 2 aliphatic rings. The Balaban J connectivity index is 1.70. The summed E-state index contributed by atoms with van der Waals surface area (Å²) in [4.78, 5) is 18.5. The van der Waals surface area contributed by atoms with Crippen LogP contribution in [0, 0.1) is 12.8 Å². The van der Waals surface area contributed by atoms with Crippen LogP contribution in [0.4, 0.5) is 5.82 Å². The zero-order valence-electron chi connectivity index (χ0n) is 11.5. The molecule has 0 amide bonds. The summed E-state index contributed by atoms with van der Waals surface area (Å²) in [6.07, 6.45) is 2.55. The highest BCUT2D eigenvalue weighted by Crippen LogP contribution is 2.28. The van der Waals surface area contributed by atoms with Gasteiger partial charge in [0.05, 0.1) is 0 Å². The Morgan fingerprint density at radius 2 is 2.30 bits per heavy atom. The van der Waals surface area contributed by atoms with Crippen molar-refractivity contribution in [2.24, 2.45) is 5.92 Å². The Hall–Kier alpha value is -1.89. The second-order valence-corrected chi connectivity index (χ2v) is 5.75. The molecular weight excluding hydrogens is 256 g/mol. The minimum atomic E-state index is -0.228. The normalized spacial score (nSPS) is 26.1. The van der Waals surface area contributed by atoms with E-state index < -0.39 is 0 Å². The highest BCUT2D eigenvalue weighted by atomic mass is 16.1. The Kier molecular flexibility index (Phi) is 2.56. The first-order valence-electron chi connectivity index (χ1n) is 7.15. The van der Waals surface area contributed by atoms with Gasteiger partial charge >= 0.3 is 5.69 Å². The molecule has 2 aromatic heterocycles. The van der Waals surface area contributed by atoms with Gasteiger partial charge in [-0.1, -0.05) is 0 Å². The van der Waals surface area contributed by atoms with Crippen molar-refractivity contribution in [3.63, 3.8) is 0 Å². The summed E-state index contributed by atoms with van der Waals surface area (Å²) >= 11 is 0. The van der Waals surface area contributed by atoms with Gasteiger partial charge in [0, 0.05) is 25.2 Å². The summed E-state index contributed by atoms with van der Waals surface area (Å²) in [6.45, 7) is 4.99. The molecule has 0 spiro atoms. The number of rotatable bonds is 1. The smallest absolute Gasteiger partial charge is 0.349 e. The molecular formula is C13H18N6O. The molecule has 2 fully saturated rings. The van der Waals surface area contributed by atoms with E-state index in [4.69, 9.17) is 0 Å². The third-order valence-corrected chi connectivity index (χ3v) is 4.48. The van der Waals surface area contributed by atoms with E-state index in [-0.39, 0.29) is 5.69 Å². The summed E-state index contributed by atoms with van der Waals surface area (Å²) in [7, 11) is 0. The SMILES string of the molecule is Cc1nc(N2CC3CCCNC3C2)cc2n[nH]c(=O)n12. The fourth-order valence-corrected chi connectivity index (χ4v) is 3.48. The number of anilines is 1. The lowest BCUT2D eigenvalue weighted by Gasteiger charge is -2.24. The predicted molar refractivity (Wildman–Crippen MR) is 75.1 cm³/mol. The standard InChI is InChI=1S/C13H18N6O/c1-8-15-11(5-12-16-17-13(20)19(8)12)18-6-9-3-2-4-14-10(9)7-18/h5,9-10,14H,2-4,6-7H2,1H3,(H,17,20). The van der Waals surface area contributed by atoms with Gasteiger partial charge in [-0.05, 0) is 32.2 Å². The van der Waals surface area contributed by atoms with Crippen molar-refractivity contribution in [2.45, 2.75) is 25.8 Å². The molecule has 2 saturated heterocycles. The topological polar surface area (TPSA) is 78.3 Å². The molecule has 0 aromatic carbocycles. The van der Waals surface area contributed by atoms with Crippen LogP contribution in [-0.2, 0) is 0 Å². The number of piperidine rings is 1. The van der Waals surface area contributed by atoms with E-state index in [0.717, 1.165) is 25.5 Å². The van der Waals surface area contributed by atoms with Crippen molar-refractivity contribution >= 4 is 11.5 Å². The zero-order valence-corrected chi connectivity index (χ0v) is 11.5. The Labute approximate surface area is 116 Å². The van der Waals surface area contributed by atoms with Crippen molar-refractivity contribution < 1.29 is 0 Å². The lowest BCUT2D eigenvalue weighted by atomic mass is 9.94. The van der Waals surface area contributed by atoms with Crippen LogP contribution in [0.15, 0.2) is 10.9 Å². The van der Waals surface area contributed by atoms with Gasteiger partial charge in [-0.3, -0.25) is 0 Å². The Morgan fingerprint density at radius 1 is 1.40 bits per heavy atom. The molecule has 0 aliphatic carbocycles. The number of aryl methyl sites for hydroxylation is 1. The highest BCUT2D eigenvalue weighted by molar-refractivity contribution is 5.52. The number of nitrogens with zero attached hydrogens (tertiary/aromatic N) is 4. The maximum absolute atomic E-state index is 11.6. The molecule has 2 atom stereocenters. The number of aromatic nitrogens is 4. The molecule has 0 bridgehead atoms. The van der Waals surface area contributed by atoms with Gasteiger partial charge in [0.1, 0.15) is 11.6 Å². The Morgan fingerprint density at radius 3 is 3.15 bits per heavy atom. The number of hydrogen-bond acceptors (Lipinski definition) is 5. The molecule has 106 valence electrons. The lowest BCUT2D eigenvalue weighted by Crippen LogP contribution is -2.40. The molecule has 4 rings (SSSR count). The zero-order chi connectivity index (χ0) is 13.7. The first-order valence-corrected chi connectivity index (χ1v) is 7.15. The Bertz CT molecular complexity index is 690. The summed E-state index contributed by atoms with van der Waals surface area (Å²) in [5.74, 6) is 2.31. The maximum atomic E-state index is 11.6. The van der Waals surface area contributed by atoms with Crippen LogP contribution in [0.5, 0.6) is 0 Å². The van der Waals surface area contributed by atoms with E-state index in [9.17, 15) is 4.79 Å². The number of fused-ring (bicyclic) bond motifs is 2. The highest BCUT2D eigenvalue weighted by Gasteiger charge is 2.35. The minimum absolute atomic E-state index is 0.228. The van der Waals surface area contributed by atoms with Gasteiger partial charge in [-0.2, -0.15) is 5.10 Å². The van der Waals surface area contributed by atoms with Gasteiger partial charge in [0.2, 0.25) is 0 Å². The molecule has 4 heterocycles. The number of nitrogens with one attached hydrogen (secondary N) is 2. The van der Waals surface area contributed by atoms with E-state index in [2.05, 4.69) is 25.4 Å². The fourth-order valence-electron chi connectivity index (χ4n) is 3.48. The van der Waals surface area contributed by atoms with Crippen molar-refractivity contribution in [3.05, 3.63) is 22.4 Å². The van der Waals surface area contributed by atoms with Crippen LogP contribution >= 0.6 is 0 Å². The summed E-state index contributed by atoms with van der Waals surface area (Å²) in [5, 5.41) is 10.1. The van der Waals surface area contributed by atoms with Crippen LogP contribution in [0.3, 0.4) is 0 Å². The summed E-state index contributed by atoms with van der Waals surface area (Å²) < 4.78 is 1.50. The molecule has 2 aromatic rings. The molecule has 20 heavy (non-hydrogen) atoms. The monoisotopic (exact) mass is 274 g/mol. The second kappa shape index (κ2) is 4.31. The third kappa shape index (κ3) is 1.73. The van der Waals surface area contributed by atoms with Crippen LogP contribution in [0.2, 0.25) is 0 Å². The van der Waals surface area contributed by atoms with Gasteiger partial charge in [0.15, 0.2) is 5.65 Å². The third-order valence-electron chi connectivity index (χ3n) is 4.48. The van der Waals surface area contributed by atoms with Crippen molar-refractivity contribution in [1.82, 2.24) is 24.9 Å². The van der Waals surface area contributed by atoms with Crippen molar-refractivity contribution in [1.29, 1.82) is 0 Å². The second-order valence-electron chi connectivity index (χ2n) is 5.75. The maximum Gasteiger partial charge on any atom is 0.349 e. The van der Waals surface area contributed by atoms with Gasteiger partial charge < -0.3 is 10.2 Å². The van der Waals surface area contributed by atoms with Crippen LogP contribution in [0.1, 0.15) is 18.7 Å². The van der Waals surface area contributed by atoms with Crippen molar-refractivity contribution in [2.75, 3.05) is 24.5 Å². The van der Waals surface area contributed by atoms with E-state index in [1.54, 1.807) is 0 Å². The molecule has 2 N–H and O–H groups in total. The quantitative estimate of drug-likeness (QED) is 0.760.